The maximum atomic E-state index is 17.3. The number of aryl methyl sites for hydroxylation is 2. The fourth-order valence-corrected chi connectivity index (χ4v) is 12.4. The van der Waals surface area contributed by atoms with E-state index in [-0.39, 0.29) is 114 Å². The maximum Gasteiger partial charge on any atom is 0.319 e. The first kappa shape index (κ1) is 56.7. The third-order valence-corrected chi connectivity index (χ3v) is 16.2. The number of pyridine rings is 2. The number of nitrogens with zero attached hydrogens (tertiary/aromatic N) is 12. The molecule has 11 rings (SSSR count). The first-order chi connectivity index (χ1) is 38.1. The molecule has 8 heterocycles. The van der Waals surface area contributed by atoms with Crippen LogP contribution >= 0.6 is 11.6 Å². The van der Waals surface area contributed by atoms with Crippen LogP contribution in [-0.2, 0) is 40.4 Å². The SMILES string of the molecule is C.C=C(Cn1nnc(-c2ccc3nc4c(c(CC)c3c2)Cn2c-4cc(C(C)O)c(COC=O)c2=O)n1)C(=O)N1CCN(c2nc(OCC34CCCN3CCC4)nc3c(F)c(-c4cccc(C)c4C(=N)C#N)c(Cl)cc23)[C@@H](C)C1.CC. The first-order valence-corrected chi connectivity index (χ1v) is 27.2. The first-order valence-electron chi connectivity index (χ1n) is 26.8. The van der Waals surface area contributed by atoms with Crippen LogP contribution < -0.4 is 15.2 Å². The number of hydrogen-bond donors (Lipinski definition) is 2. The Kier molecular flexibility index (Phi) is 16.3. The summed E-state index contributed by atoms with van der Waals surface area (Å²) in [4.78, 5) is 61.1. The Balaban J connectivity index is 0.00000255. The number of tetrazole rings is 1. The van der Waals surface area contributed by atoms with E-state index in [1.165, 1.54) is 4.80 Å². The molecule has 1 unspecified atom stereocenters. The van der Waals surface area contributed by atoms with Crippen LogP contribution in [0.3, 0.4) is 0 Å². The van der Waals surface area contributed by atoms with E-state index >= 15 is 4.39 Å². The number of rotatable bonds is 15. The number of fused-ring (bicyclic) bond motifs is 6. The molecule has 21 heteroatoms. The van der Waals surface area contributed by atoms with Gasteiger partial charge in [0.1, 0.15) is 36.3 Å². The highest BCUT2D eigenvalue weighted by Crippen LogP contribution is 2.44. The van der Waals surface area contributed by atoms with Crippen molar-refractivity contribution >= 4 is 57.3 Å². The van der Waals surface area contributed by atoms with Gasteiger partial charge in [0.05, 0.1) is 52.2 Å². The summed E-state index contributed by atoms with van der Waals surface area (Å²) in [5.74, 6) is -0.291. The van der Waals surface area contributed by atoms with E-state index < -0.39 is 11.9 Å². The molecule has 1 amide bonds. The van der Waals surface area contributed by atoms with E-state index in [2.05, 4.69) is 26.9 Å². The van der Waals surface area contributed by atoms with Crippen LogP contribution in [0.2, 0.25) is 5.02 Å². The number of carbonyl (C=O) groups excluding carboxylic acids is 2. The summed E-state index contributed by atoms with van der Waals surface area (Å²) >= 11 is 7.00. The third kappa shape index (κ3) is 9.95. The zero-order valence-electron chi connectivity index (χ0n) is 45.1. The van der Waals surface area contributed by atoms with Gasteiger partial charge in [-0.05, 0) is 124 Å². The number of amides is 1. The lowest BCUT2D eigenvalue weighted by atomic mass is 9.92. The van der Waals surface area contributed by atoms with Gasteiger partial charge in [-0.1, -0.05) is 64.6 Å². The number of halogens is 2. The molecule has 3 saturated heterocycles. The quantitative estimate of drug-likeness (QED) is 0.0554. The van der Waals surface area contributed by atoms with Crippen molar-refractivity contribution in [2.24, 2.45) is 0 Å². The van der Waals surface area contributed by atoms with Gasteiger partial charge in [-0.15, -0.1) is 10.2 Å². The van der Waals surface area contributed by atoms with Gasteiger partial charge in [-0.2, -0.15) is 20.0 Å². The Morgan fingerprint density at radius 3 is 2.54 bits per heavy atom. The van der Waals surface area contributed by atoms with Crippen LogP contribution in [-0.4, -0.2) is 124 Å². The minimum Gasteiger partial charge on any atom is -0.463 e. The van der Waals surface area contributed by atoms with Crippen LogP contribution in [0, 0.1) is 29.5 Å². The molecule has 0 spiro atoms. The summed E-state index contributed by atoms with van der Waals surface area (Å²) in [6, 6.07) is 15.7. The number of nitriles is 1. The van der Waals surface area contributed by atoms with Gasteiger partial charge in [0, 0.05) is 64.3 Å². The van der Waals surface area contributed by atoms with Gasteiger partial charge < -0.3 is 28.9 Å². The van der Waals surface area contributed by atoms with Crippen LogP contribution in [0.25, 0.3) is 55.7 Å². The van der Waals surface area contributed by atoms with Crippen molar-refractivity contribution in [1.29, 1.82) is 10.7 Å². The van der Waals surface area contributed by atoms with E-state index in [1.54, 1.807) is 53.6 Å². The number of benzene rings is 3. The minimum atomic E-state index is -0.980. The zero-order chi connectivity index (χ0) is 56.0. The zero-order valence-corrected chi connectivity index (χ0v) is 45.8. The molecule has 3 fully saturated rings. The van der Waals surface area contributed by atoms with Crippen LogP contribution in [0.5, 0.6) is 6.01 Å². The lowest BCUT2D eigenvalue weighted by Crippen LogP contribution is -2.54. The summed E-state index contributed by atoms with van der Waals surface area (Å²) in [6.07, 6.45) is 3.75. The molecule has 4 aromatic heterocycles. The number of hydrogen-bond acceptors (Lipinski definition) is 16. The van der Waals surface area contributed by atoms with Crippen LogP contribution in [0.15, 0.2) is 65.5 Å². The normalized spacial score (nSPS) is 16.5. The standard InChI is InChI=1S/C56H55ClFN13O6.C2H6.CH4/c1-6-35-38-20-34(12-13-44(38)61-49-40(35)26-70-45(49)22-37(33(5)73)41(54(70)75)27-76-29-72)51-64-66-71(65-51)24-31(3)53(74)67-18-19-69(32(4)25-67)52-39-21-42(57)47(36-11-7-10-30(2)46(36)43(60)23-59)48(58)50(39)62-55(63-52)77-28-56-14-8-16-68(56)17-9-15-56;1-2;/h7,10-13,20-22,29,32-33,60,73H,3,6,8-9,14-19,24-28H2,1-2,4-5H3;1-2H3;1H4/t32-,33?;;/m0../s1. The van der Waals surface area contributed by atoms with Crippen molar-refractivity contribution < 1.29 is 28.6 Å². The Bertz CT molecular complexity index is 3730. The molecule has 0 aliphatic carbocycles. The molecular formula is C59H65ClFN13O6. The average molecular weight is 1110 g/mol. The van der Waals surface area contributed by atoms with E-state index in [0.717, 1.165) is 55.3 Å². The van der Waals surface area contributed by atoms with Gasteiger partial charge in [0.25, 0.3) is 17.9 Å². The number of nitrogens with one attached hydrogen (secondary N) is 1. The summed E-state index contributed by atoms with van der Waals surface area (Å²) in [5.41, 5.74) is 5.66. The average Bonchev–Trinajstić information content (AvgIpc) is 4.31. The molecule has 0 bridgehead atoms. The van der Waals surface area contributed by atoms with Crippen molar-refractivity contribution in [2.45, 2.75) is 118 Å². The predicted octanol–water partition coefficient (Wildman–Crippen LogP) is 8.93. The van der Waals surface area contributed by atoms with Gasteiger partial charge in [-0.25, -0.2) is 9.37 Å². The molecule has 4 aliphatic rings. The summed E-state index contributed by atoms with van der Waals surface area (Å²) in [5, 5.41) is 43.3. The second-order valence-corrected chi connectivity index (χ2v) is 20.9. The van der Waals surface area contributed by atoms with Crippen molar-refractivity contribution in [3.05, 3.63) is 115 Å². The second kappa shape index (κ2) is 23.0. The van der Waals surface area contributed by atoms with Gasteiger partial charge >= 0.3 is 6.01 Å². The lowest BCUT2D eigenvalue weighted by Gasteiger charge is -2.41. The smallest absolute Gasteiger partial charge is 0.319 e. The predicted molar refractivity (Wildman–Crippen MR) is 304 cm³/mol. The number of anilines is 1. The second-order valence-electron chi connectivity index (χ2n) is 20.4. The highest BCUT2D eigenvalue weighted by Gasteiger charge is 2.45. The monoisotopic (exact) mass is 1110 g/mol. The Morgan fingerprint density at radius 1 is 1.07 bits per heavy atom. The summed E-state index contributed by atoms with van der Waals surface area (Å²) in [7, 11) is 0. The van der Waals surface area contributed by atoms with E-state index in [0.29, 0.717) is 75.8 Å². The third-order valence-electron chi connectivity index (χ3n) is 15.9. The fraction of sp³-hybridized carbons (Fsp3) is 0.407. The molecular weight excluding hydrogens is 1040 g/mol. The topological polar surface area (TPSA) is 234 Å². The van der Waals surface area contributed by atoms with Crippen LogP contribution in [0.4, 0.5) is 10.2 Å². The van der Waals surface area contributed by atoms with E-state index in [4.69, 9.17) is 41.4 Å². The maximum absolute atomic E-state index is 17.3. The number of piperazine rings is 1. The number of carbonyl (C=O) groups is 2. The molecule has 4 aliphatic heterocycles. The Hall–Kier alpha value is -7.99. The number of ether oxygens (including phenoxy) is 2. The molecule has 80 heavy (non-hydrogen) atoms. The van der Waals surface area contributed by atoms with Gasteiger partial charge in [0.2, 0.25) is 5.82 Å². The molecule has 2 N–H and O–H groups in total. The van der Waals surface area contributed by atoms with E-state index in [9.17, 15) is 24.8 Å². The van der Waals surface area contributed by atoms with Crippen molar-refractivity contribution in [2.75, 3.05) is 44.2 Å². The molecule has 0 saturated carbocycles. The molecule has 3 aromatic carbocycles. The van der Waals surface area contributed by atoms with E-state index in [1.807, 2.05) is 56.9 Å². The molecule has 416 valence electrons. The number of aliphatic hydroxyl groups is 1. The van der Waals surface area contributed by atoms with Gasteiger partial charge in [-0.3, -0.25) is 24.7 Å². The lowest BCUT2D eigenvalue weighted by molar-refractivity contribution is -0.130. The minimum absolute atomic E-state index is 0. The van der Waals surface area contributed by atoms with Crippen LogP contribution in [0.1, 0.15) is 107 Å². The molecule has 0 radical (unpaired) electrons. The summed E-state index contributed by atoms with van der Waals surface area (Å²) < 4.78 is 30.4. The van der Waals surface area contributed by atoms with Crippen molar-refractivity contribution in [1.82, 2.24) is 49.5 Å². The highest BCUT2D eigenvalue weighted by atomic mass is 35.5. The fourth-order valence-electron chi connectivity index (χ4n) is 12.1. The molecule has 7 aromatic rings. The molecule has 2 atom stereocenters. The Labute approximate surface area is 468 Å². The Morgan fingerprint density at radius 2 is 1.84 bits per heavy atom. The van der Waals surface area contributed by atoms with Crippen molar-refractivity contribution in [3.63, 3.8) is 0 Å². The largest absolute Gasteiger partial charge is 0.463 e. The number of aliphatic hydroxyl groups excluding tert-OH is 1. The van der Waals surface area contributed by atoms with Crippen molar-refractivity contribution in [3.8, 4) is 46.0 Å². The number of aromatic nitrogens is 8. The highest BCUT2D eigenvalue weighted by molar-refractivity contribution is 6.35. The summed E-state index contributed by atoms with van der Waals surface area (Å²) in [6.45, 7) is 18.9. The molecule has 19 nitrogen and oxygen atoms in total. The van der Waals surface area contributed by atoms with Gasteiger partial charge in [0.15, 0.2) is 5.82 Å².